The third-order valence-electron chi connectivity index (χ3n) is 6.01. The first-order chi connectivity index (χ1) is 14.5. The first-order valence-electron chi connectivity index (χ1n) is 11.2. The highest BCUT2D eigenvalue weighted by atomic mass is 79.9. The fourth-order valence-electron chi connectivity index (χ4n) is 4.43. The summed E-state index contributed by atoms with van der Waals surface area (Å²) in [6, 6.07) is 0.0466. The van der Waals surface area contributed by atoms with Crippen LogP contribution >= 0.6 is 15.9 Å². The molecule has 1 amide bonds. The molecule has 1 unspecified atom stereocenters. The minimum absolute atomic E-state index is 0.0466. The van der Waals surface area contributed by atoms with Crippen LogP contribution in [-0.2, 0) is 4.74 Å². The Morgan fingerprint density at radius 1 is 1.35 bits per heavy atom. The molecule has 1 aliphatic carbocycles. The van der Waals surface area contributed by atoms with Crippen molar-refractivity contribution in [3.8, 4) is 0 Å². The summed E-state index contributed by atoms with van der Waals surface area (Å²) in [5, 5.41) is 0. The number of allylic oxidation sites excluding steroid dienone is 5. The summed E-state index contributed by atoms with van der Waals surface area (Å²) in [5.41, 5.74) is 6.51. The van der Waals surface area contributed by atoms with Crippen molar-refractivity contribution in [2.45, 2.75) is 78.9 Å². The van der Waals surface area contributed by atoms with Gasteiger partial charge in [-0.25, -0.2) is 4.79 Å². The molecule has 3 aliphatic rings. The average Bonchev–Trinajstić information content (AvgIpc) is 2.93. The molecule has 5 heteroatoms. The van der Waals surface area contributed by atoms with Crippen molar-refractivity contribution in [2.75, 3.05) is 6.54 Å². The van der Waals surface area contributed by atoms with Crippen molar-refractivity contribution in [2.24, 2.45) is 10.9 Å². The number of halogens is 1. The summed E-state index contributed by atoms with van der Waals surface area (Å²) in [6.45, 7) is 17.2. The van der Waals surface area contributed by atoms with E-state index in [0.717, 1.165) is 41.6 Å². The molecule has 3 rings (SSSR count). The van der Waals surface area contributed by atoms with Gasteiger partial charge in [-0.15, -0.1) is 0 Å². The number of fused-ring (bicyclic) bond motifs is 1. The Labute approximate surface area is 195 Å². The van der Waals surface area contributed by atoms with Crippen LogP contribution in [0.5, 0.6) is 0 Å². The van der Waals surface area contributed by atoms with Crippen molar-refractivity contribution < 1.29 is 9.53 Å². The Balaban J connectivity index is 1.89. The molecule has 2 aliphatic heterocycles. The van der Waals surface area contributed by atoms with Gasteiger partial charge >= 0.3 is 6.09 Å². The Morgan fingerprint density at radius 3 is 2.71 bits per heavy atom. The van der Waals surface area contributed by atoms with Crippen LogP contribution in [0.3, 0.4) is 0 Å². The molecule has 0 bridgehead atoms. The van der Waals surface area contributed by atoms with E-state index >= 15 is 0 Å². The Hall–Kier alpha value is -1.88. The van der Waals surface area contributed by atoms with Gasteiger partial charge in [-0.1, -0.05) is 36.8 Å². The van der Waals surface area contributed by atoms with Gasteiger partial charge in [-0.2, -0.15) is 0 Å². The zero-order valence-corrected chi connectivity index (χ0v) is 21.3. The van der Waals surface area contributed by atoms with E-state index in [2.05, 4.69) is 61.5 Å². The van der Waals surface area contributed by atoms with Crippen LogP contribution in [0.15, 0.2) is 62.3 Å². The zero-order valence-electron chi connectivity index (χ0n) is 19.7. The van der Waals surface area contributed by atoms with Gasteiger partial charge in [0.25, 0.3) is 0 Å². The normalized spacial score (nSPS) is 25.0. The zero-order chi connectivity index (χ0) is 22.9. The summed E-state index contributed by atoms with van der Waals surface area (Å²) >= 11 is 3.84. The van der Waals surface area contributed by atoms with Crippen LogP contribution in [0.2, 0.25) is 0 Å². The van der Waals surface area contributed by atoms with Crippen molar-refractivity contribution in [3.63, 3.8) is 0 Å². The lowest BCUT2D eigenvalue weighted by Crippen LogP contribution is -2.42. The van der Waals surface area contributed by atoms with E-state index in [-0.39, 0.29) is 18.1 Å². The fraction of sp³-hybridized carbons (Fsp3) is 0.538. The number of amides is 1. The molecule has 0 spiro atoms. The summed E-state index contributed by atoms with van der Waals surface area (Å²) in [7, 11) is 0. The molecule has 4 nitrogen and oxygen atoms in total. The molecule has 0 N–H and O–H groups in total. The average molecular weight is 487 g/mol. The van der Waals surface area contributed by atoms with Gasteiger partial charge in [-0.05, 0) is 93.5 Å². The molecule has 0 saturated heterocycles. The second kappa shape index (κ2) is 9.32. The maximum Gasteiger partial charge on any atom is 0.410 e. The number of hydrogen-bond acceptors (Lipinski definition) is 3. The summed E-state index contributed by atoms with van der Waals surface area (Å²) < 4.78 is 6.73. The molecule has 0 aromatic carbocycles. The fourth-order valence-corrected chi connectivity index (χ4v) is 5.19. The van der Waals surface area contributed by atoms with Gasteiger partial charge in [0.05, 0.1) is 11.4 Å². The lowest BCUT2D eigenvalue weighted by molar-refractivity contribution is 0.0186. The van der Waals surface area contributed by atoms with Gasteiger partial charge in [0.1, 0.15) is 5.60 Å². The highest BCUT2D eigenvalue weighted by Crippen LogP contribution is 2.43. The number of hydrogen-bond donors (Lipinski definition) is 0. The molecule has 0 fully saturated rings. The largest absolute Gasteiger partial charge is 0.444 e. The number of nitrogens with zero attached hydrogens (tertiary/aromatic N) is 2. The van der Waals surface area contributed by atoms with E-state index in [1.54, 1.807) is 0 Å². The topological polar surface area (TPSA) is 41.9 Å². The maximum absolute atomic E-state index is 12.7. The molecule has 2 heterocycles. The van der Waals surface area contributed by atoms with E-state index in [1.165, 1.54) is 22.3 Å². The predicted octanol–water partition coefficient (Wildman–Crippen LogP) is 7.25. The van der Waals surface area contributed by atoms with E-state index in [1.807, 2.05) is 25.7 Å². The number of carbonyl (C=O) groups excluding carboxylic acids is 1. The number of carbonyl (C=O) groups is 1. The van der Waals surface area contributed by atoms with Crippen LogP contribution in [0.1, 0.15) is 67.2 Å². The highest BCUT2D eigenvalue weighted by molar-refractivity contribution is 9.12. The lowest BCUT2D eigenvalue weighted by Gasteiger charge is -2.31. The van der Waals surface area contributed by atoms with Crippen LogP contribution in [-0.4, -0.2) is 34.9 Å². The first-order valence-corrected chi connectivity index (χ1v) is 12.0. The second-order valence-electron chi connectivity index (χ2n) is 9.71. The number of ether oxygens (including phenoxy) is 1. The summed E-state index contributed by atoms with van der Waals surface area (Å²) in [6.07, 6.45) is 9.87. The van der Waals surface area contributed by atoms with Gasteiger partial charge < -0.3 is 9.64 Å². The molecular weight excluding hydrogens is 452 g/mol. The van der Waals surface area contributed by atoms with Crippen molar-refractivity contribution in [1.29, 1.82) is 0 Å². The minimum atomic E-state index is -0.493. The Morgan fingerprint density at radius 2 is 2.06 bits per heavy atom. The predicted molar refractivity (Wildman–Crippen MR) is 132 cm³/mol. The minimum Gasteiger partial charge on any atom is -0.444 e. The van der Waals surface area contributed by atoms with E-state index in [9.17, 15) is 4.79 Å². The van der Waals surface area contributed by atoms with E-state index in [0.29, 0.717) is 6.54 Å². The summed E-state index contributed by atoms with van der Waals surface area (Å²) in [5.74, 6) is 0.153. The van der Waals surface area contributed by atoms with Gasteiger partial charge in [0, 0.05) is 23.0 Å². The van der Waals surface area contributed by atoms with Gasteiger partial charge in [0.15, 0.2) is 0 Å². The van der Waals surface area contributed by atoms with Crippen LogP contribution in [0.4, 0.5) is 4.79 Å². The first kappa shape index (κ1) is 23.8. The molecular formula is C26H35BrN2O2. The molecule has 168 valence electrons. The molecule has 0 aromatic heterocycles. The number of dihydropyridines is 1. The standard InChI is InChI=1S/C26H35BrN2O2/c1-8-19-12-11-16(2)22-17(3)14-21(28-24(22)23(19)27)20-10-9-13-29(18(4)15-20)25(30)31-26(5,6)7/h10,12,14,18,22H,2,8-9,11,13,15H2,1,3-7H3/t18-,22?/m1/s1. The highest BCUT2D eigenvalue weighted by Gasteiger charge is 2.32. The summed E-state index contributed by atoms with van der Waals surface area (Å²) in [4.78, 5) is 19.7. The van der Waals surface area contributed by atoms with Crippen molar-refractivity contribution >= 4 is 27.7 Å². The molecule has 0 aromatic rings. The second-order valence-corrected chi connectivity index (χ2v) is 10.5. The van der Waals surface area contributed by atoms with Crippen LogP contribution in [0.25, 0.3) is 0 Å². The molecule has 0 saturated carbocycles. The Bertz CT molecular complexity index is 928. The SMILES string of the molecule is C=C1CC=C(CC)C(Br)=C2N=C(C3=CCCN(C(=O)OC(C)(C)C)[C@H](C)C3)C=C(C)C12. The number of aliphatic imine (C=N–C) groups is 1. The third-order valence-corrected chi connectivity index (χ3v) is 6.92. The maximum atomic E-state index is 12.7. The number of rotatable bonds is 2. The van der Waals surface area contributed by atoms with Crippen molar-refractivity contribution in [1.82, 2.24) is 4.90 Å². The lowest BCUT2D eigenvalue weighted by atomic mass is 9.84. The quantitative estimate of drug-likeness (QED) is 0.385. The van der Waals surface area contributed by atoms with E-state index < -0.39 is 5.60 Å². The molecule has 31 heavy (non-hydrogen) atoms. The molecule has 2 atom stereocenters. The monoisotopic (exact) mass is 486 g/mol. The van der Waals surface area contributed by atoms with Crippen LogP contribution in [0, 0.1) is 5.92 Å². The van der Waals surface area contributed by atoms with Gasteiger partial charge in [0.2, 0.25) is 0 Å². The smallest absolute Gasteiger partial charge is 0.410 e. The van der Waals surface area contributed by atoms with Crippen molar-refractivity contribution in [3.05, 3.63) is 57.3 Å². The van der Waals surface area contributed by atoms with E-state index in [4.69, 9.17) is 9.73 Å². The molecule has 0 radical (unpaired) electrons. The third kappa shape index (κ3) is 5.31. The van der Waals surface area contributed by atoms with Gasteiger partial charge in [-0.3, -0.25) is 4.99 Å². The van der Waals surface area contributed by atoms with Crippen LogP contribution < -0.4 is 0 Å². The Kier molecular flexibility index (Phi) is 7.14.